The molecule has 0 atom stereocenters. The van der Waals surface area contributed by atoms with Crippen LogP contribution in [0, 0.1) is 20.2 Å². The maximum absolute atomic E-state index is 11.3. The van der Waals surface area contributed by atoms with Gasteiger partial charge in [-0.05, 0) is 23.6 Å². The summed E-state index contributed by atoms with van der Waals surface area (Å²) in [5.41, 5.74) is -2.72. The van der Waals surface area contributed by atoms with E-state index in [0.29, 0.717) is 16.8 Å². The van der Waals surface area contributed by atoms with Crippen LogP contribution in [0.2, 0.25) is 0 Å². The first kappa shape index (κ1) is 26.5. The fraction of sp³-hybridized carbons (Fsp3) is 0. The molecular weight excluding hydrogens is 540 g/mol. The van der Waals surface area contributed by atoms with E-state index in [4.69, 9.17) is 0 Å². The van der Waals surface area contributed by atoms with Crippen LogP contribution in [0.15, 0.2) is 86.0 Å². The first-order chi connectivity index (χ1) is 18.3. The van der Waals surface area contributed by atoms with Crippen molar-refractivity contribution >= 4 is 55.0 Å². The Bertz CT molecular complexity index is 1840. The topological polar surface area (TPSA) is 254 Å². The maximum atomic E-state index is 11.3. The summed E-state index contributed by atoms with van der Waals surface area (Å²) in [4.78, 5) is 19.8. The summed E-state index contributed by atoms with van der Waals surface area (Å²) in [5.74, 6) is -2.16. The molecule has 0 amide bonds. The Labute approximate surface area is 216 Å². The summed E-state index contributed by atoms with van der Waals surface area (Å²) in [5, 5.41) is 68.5. The zero-order chi connectivity index (χ0) is 28.5. The molecule has 198 valence electrons. The van der Waals surface area contributed by atoms with Gasteiger partial charge in [-0.3, -0.25) is 20.2 Å². The van der Waals surface area contributed by atoms with Crippen molar-refractivity contribution in [3.05, 3.63) is 80.9 Å². The highest BCUT2D eigenvalue weighted by molar-refractivity contribution is 7.85. The van der Waals surface area contributed by atoms with E-state index in [1.165, 1.54) is 24.3 Å². The first-order valence-electron chi connectivity index (χ1n) is 10.4. The summed E-state index contributed by atoms with van der Waals surface area (Å²) in [6.45, 7) is 0. The molecule has 0 spiro atoms. The lowest BCUT2D eigenvalue weighted by atomic mass is 10.1. The van der Waals surface area contributed by atoms with Gasteiger partial charge in [0.05, 0.1) is 26.5 Å². The minimum Gasteiger partial charge on any atom is -0.744 e. The largest absolute Gasteiger partial charge is 0.744 e. The van der Waals surface area contributed by atoms with Gasteiger partial charge in [0.15, 0.2) is 0 Å². The van der Waals surface area contributed by atoms with Gasteiger partial charge in [-0.15, -0.1) is 20.5 Å². The van der Waals surface area contributed by atoms with Crippen LogP contribution in [0.3, 0.4) is 0 Å². The number of azo groups is 2. The number of benzene rings is 4. The number of aromatic hydroxyl groups is 3. The molecule has 0 aliphatic heterocycles. The van der Waals surface area contributed by atoms with Gasteiger partial charge in [0.2, 0.25) is 5.75 Å². The SMILES string of the molecule is O=[N+]([O-])c1cc(N=Nc2cc(N=Nc3cccc4cc(S(=O)(=O)[O-])ccc34)c(O)cc2O)c(O)c([N+](=O)[O-])c1. The second-order valence-electron chi connectivity index (χ2n) is 7.69. The molecule has 4 aromatic rings. The molecule has 4 rings (SSSR count). The van der Waals surface area contributed by atoms with Crippen molar-refractivity contribution in [2.45, 2.75) is 4.90 Å². The molecule has 0 bridgehead atoms. The minimum absolute atomic E-state index is 0.229. The third-order valence-corrected chi connectivity index (χ3v) is 6.01. The van der Waals surface area contributed by atoms with E-state index in [1.54, 1.807) is 6.07 Å². The highest BCUT2D eigenvalue weighted by Gasteiger charge is 2.24. The van der Waals surface area contributed by atoms with Crippen molar-refractivity contribution in [2.75, 3.05) is 0 Å². The lowest BCUT2D eigenvalue weighted by molar-refractivity contribution is -0.394. The van der Waals surface area contributed by atoms with Crippen molar-refractivity contribution < 1.29 is 38.1 Å². The smallest absolute Gasteiger partial charge is 0.319 e. The molecule has 0 saturated carbocycles. The van der Waals surface area contributed by atoms with Crippen LogP contribution in [0.4, 0.5) is 34.1 Å². The van der Waals surface area contributed by atoms with Crippen LogP contribution in [0.1, 0.15) is 0 Å². The van der Waals surface area contributed by atoms with Crippen molar-refractivity contribution in [3.8, 4) is 17.2 Å². The Kier molecular flexibility index (Phi) is 6.85. The van der Waals surface area contributed by atoms with Crippen LogP contribution in [0.25, 0.3) is 10.8 Å². The van der Waals surface area contributed by atoms with Crippen LogP contribution >= 0.6 is 0 Å². The van der Waals surface area contributed by atoms with E-state index < -0.39 is 59.2 Å². The molecule has 16 nitrogen and oxygen atoms in total. The summed E-state index contributed by atoms with van der Waals surface area (Å²) in [6, 6.07) is 11.4. The maximum Gasteiger partial charge on any atom is 0.319 e. The summed E-state index contributed by atoms with van der Waals surface area (Å²) in [7, 11) is -4.68. The summed E-state index contributed by atoms with van der Waals surface area (Å²) < 4.78 is 33.9. The second kappa shape index (κ2) is 10.1. The molecule has 0 radical (unpaired) electrons. The Hall–Kier alpha value is -5.55. The molecule has 3 N–H and O–H groups in total. The number of rotatable bonds is 7. The molecular formula is C22H13N6O10S-. The highest BCUT2D eigenvalue weighted by Crippen LogP contribution is 2.43. The summed E-state index contributed by atoms with van der Waals surface area (Å²) in [6.07, 6.45) is 0. The predicted molar refractivity (Wildman–Crippen MR) is 131 cm³/mol. The van der Waals surface area contributed by atoms with Crippen molar-refractivity contribution in [1.82, 2.24) is 0 Å². The van der Waals surface area contributed by atoms with E-state index in [0.717, 1.165) is 24.3 Å². The van der Waals surface area contributed by atoms with Gasteiger partial charge in [0, 0.05) is 23.6 Å². The lowest BCUT2D eigenvalue weighted by Crippen LogP contribution is -1.97. The number of phenolic OH excluding ortho intramolecular Hbond substituents is 3. The fourth-order valence-corrected chi connectivity index (χ4v) is 3.83. The Balaban J connectivity index is 1.72. The van der Waals surface area contributed by atoms with Crippen LogP contribution < -0.4 is 0 Å². The number of nitro benzene ring substituents is 2. The molecule has 4 aromatic carbocycles. The predicted octanol–water partition coefficient (Wildman–Crippen LogP) is 5.51. The van der Waals surface area contributed by atoms with Crippen molar-refractivity contribution in [3.63, 3.8) is 0 Å². The fourth-order valence-electron chi connectivity index (χ4n) is 3.33. The van der Waals surface area contributed by atoms with E-state index >= 15 is 0 Å². The number of fused-ring (bicyclic) bond motifs is 1. The Morgan fingerprint density at radius 3 is 1.90 bits per heavy atom. The summed E-state index contributed by atoms with van der Waals surface area (Å²) >= 11 is 0. The molecule has 0 aromatic heterocycles. The first-order valence-corrected chi connectivity index (χ1v) is 11.8. The molecule has 0 aliphatic rings. The van der Waals surface area contributed by atoms with Crippen molar-refractivity contribution in [2.24, 2.45) is 20.5 Å². The van der Waals surface area contributed by atoms with Crippen LogP contribution in [-0.2, 0) is 10.1 Å². The van der Waals surface area contributed by atoms with E-state index in [1.807, 2.05) is 0 Å². The molecule has 0 fully saturated rings. The number of nitrogens with zero attached hydrogens (tertiary/aromatic N) is 6. The van der Waals surface area contributed by atoms with E-state index in [9.17, 15) is 48.5 Å². The van der Waals surface area contributed by atoms with Gasteiger partial charge in [-0.1, -0.05) is 18.2 Å². The van der Waals surface area contributed by atoms with Gasteiger partial charge >= 0.3 is 5.69 Å². The molecule has 0 unspecified atom stereocenters. The average molecular weight is 553 g/mol. The normalized spacial score (nSPS) is 11.9. The van der Waals surface area contributed by atoms with Gasteiger partial charge in [-0.25, -0.2) is 8.42 Å². The molecule has 17 heteroatoms. The monoisotopic (exact) mass is 553 g/mol. The zero-order valence-corrected chi connectivity index (χ0v) is 19.9. The van der Waals surface area contributed by atoms with Crippen molar-refractivity contribution in [1.29, 1.82) is 0 Å². The second-order valence-corrected chi connectivity index (χ2v) is 9.07. The molecule has 0 heterocycles. The van der Waals surface area contributed by atoms with Gasteiger partial charge < -0.3 is 19.9 Å². The Morgan fingerprint density at radius 2 is 1.31 bits per heavy atom. The molecule has 0 aliphatic carbocycles. The highest BCUT2D eigenvalue weighted by atomic mass is 32.2. The number of hydrogen-bond acceptors (Lipinski definition) is 14. The standard InChI is InChI=1S/C22H14N6O10S/c29-20-10-21(30)17(25-26-18-7-12(27(32)33)8-19(22(18)31)28(34)35)9-16(20)24-23-15-3-1-2-11-6-13(39(36,37)38)4-5-14(11)15/h1-10,29-31H,(H,36,37,38)/p-1. The quantitative estimate of drug-likeness (QED) is 0.112. The zero-order valence-electron chi connectivity index (χ0n) is 19.1. The van der Waals surface area contributed by atoms with E-state index in [2.05, 4.69) is 20.5 Å². The number of hydrogen-bond donors (Lipinski definition) is 3. The third kappa shape index (κ3) is 5.58. The van der Waals surface area contributed by atoms with Gasteiger partial charge in [0.25, 0.3) is 5.69 Å². The minimum atomic E-state index is -4.68. The molecule has 0 saturated heterocycles. The van der Waals surface area contributed by atoms with Gasteiger partial charge in [0.1, 0.15) is 38.7 Å². The van der Waals surface area contributed by atoms with Crippen LogP contribution in [-0.4, -0.2) is 38.1 Å². The number of non-ortho nitro benzene ring substituents is 1. The van der Waals surface area contributed by atoms with E-state index in [-0.39, 0.29) is 17.1 Å². The lowest BCUT2D eigenvalue weighted by Gasteiger charge is -2.09. The number of nitro groups is 2. The van der Waals surface area contributed by atoms with Gasteiger partial charge in [-0.2, -0.15) is 0 Å². The number of phenols is 3. The third-order valence-electron chi connectivity index (χ3n) is 5.18. The average Bonchev–Trinajstić information content (AvgIpc) is 2.87. The molecule has 39 heavy (non-hydrogen) atoms. The Morgan fingerprint density at radius 1 is 0.692 bits per heavy atom. The van der Waals surface area contributed by atoms with Crippen LogP contribution in [0.5, 0.6) is 17.2 Å².